The molecule has 0 spiro atoms. The molecule has 0 radical (unpaired) electrons. The molecule has 0 aromatic heterocycles. The minimum absolute atomic E-state index is 0.115. The van der Waals surface area contributed by atoms with E-state index in [0.29, 0.717) is 0 Å². The zero-order chi connectivity index (χ0) is 13.1. The Bertz CT molecular complexity index is 407. The Morgan fingerprint density at radius 3 is 2.76 bits per heavy atom. The van der Waals surface area contributed by atoms with Gasteiger partial charge in [0.05, 0.1) is 13.0 Å². The second-order valence-corrected chi connectivity index (χ2v) is 5.69. The zero-order valence-corrected chi connectivity index (χ0v) is 10.2. The molecule has 1 aliphatic heterocycles. The lowest BCUT2D eigenvalue weighted by Crippen LogP contribution is -2.53. The number of aliphatic carboxylic acids is 1. The van der Waals surface area contributed by atoms with Gasteiger partial charge in [-0.25, -0.2) is 0 Å². The SMILES string of the molecule is CN(CCC(=O)O)S(=O)(=O)N1CCNC(=O)C1. The van der Waals surface area contributed by atoms with E-state index in [1.54, 1.807) is 0 Å². The largest absolute Gasteiger partial charge is 0.481 e. The van der Waals surface area contributed by atoms with Crippen molar-refractivity contribution in [2.45, 2.75) is 6.42 Å². The minimum atomic E-state index is -3.75. The third kappa shape index (κ3) is 3.65. The Labute approximate surface area is 99.4 Å². The van der Waals surface area contributed by atoms with Crippen LogP contribution in [0.5, 0.6) is 0 Å². The van der Waals surface area contributed by atoms with Crippen LogP contribution in [0.25, 0.3) is 0 Å². The molecule has 98 valence electrons. The number of hydrogen-bond acceptors (Lipinski definition) is 4. The molecule has 9 heteroatoms. The van der Waals surface area contributed by atoms with Crippen LogP contribution in [0.15, 0.2) is 0 Å². The maximum absolute atomic E-state index is 11.9. The smallest absolute Gasteiger partial charge is 0.304 e. The van der Waals surface area contributed by atoms with Crippen LogP contribution < -0.4 is 5.32 Å². The second-order valence-electron chi connectivity index (χ2n) is 3.66. The van der Waals surface area contributed by atoms with Crippen LogP contribution >= 0.6 is 0 Å². The predicted molar refractivity (Wildman–Crippen MR) is 58.4 cm³/mol. The van der Waals surface area contributed by atoms with Gasteiger partial charge in [-0.3, -0.25) is 9.59 Å². The van der Waals surface area contributed by atoms with Crippen molar-refractivity contribution in [1.29, 1.82) is 0 Å². The van der Waals surface area contributed by atoms with E-state index in [-0.39, 0.29) is 38.5 Å². The van der Waals surface area contributed by atoms with Gasteiger partial charge in [-0.1, -0.05) is 0 Å². The summed E-state index contributed by atoms with van der Waals surface area (Å²) in [4.78, 5) is 21.4. The summed E-state index contributed by atoms with van der Waals surface area (Å²) < 4.78 is 25.8. The van der Waals surface area contributed by atoms with Crippen molar-refractivity contribution in [2.24, 2.45) is 0 Å². The number of nitrogens with one attached hydrogen (secondary N) is 1. The summed E-state index contributed by atoms with van der Waals surface area (Å²) in [6.07, 6.45) is -0.268. The number of carboxylic acids is 1. The molecular weight excluding hydrogens is 250 g/mol. The monoisotopic (exact) mass is 265 g/mol. The molecule has 1 aliphatic rings. The van der Waals surface area contributed by atoms with Crippen LogP contribution in [-0.4, -0.2) is 67.2 Å². The Hall–Kier alpha value is -1.19. The Kier molecular flexibility index (Phi) is 4.43. The summed E-state index contributed by atoms with van der Waals surface area (Å²) >= 11 is 0. The molecule has 0 atom stereocenters. The summed E-state index contributed by atoms with van der Waals surface area (Å²) in [6.45, 7) is 0.131. The molecule has 1 amide bonds. The summed E-state index contributed by atoms with van der Waals surface area (Å²) in [6, 6.07) is 0. The number of rotatable bonds is 5. The average molecular weight is 265 g/mol. The maximum Gasteiger partial charge on any atom is 0.304 e. The van der Waals surface area contributed by atoms with Gasteiger partial charge in [-0.2, -0.15) is 17.0 Å². The van der Waals surface area contributed by atoms with Gasteiger partial charge in [0.15, 0.2) is 0 Å². The van der Waals surface area contributed by atoms with Gasteiger partial charge in [0.25, 0.3) is 10.2 Å². The number of hydrogen-bond donors (Lipinski definition) is 2. The van der Waals surface area contributed by atoms with Crippen molar-refractivity contribution >= 4 is 22.1 Å². The number of amides is 1. The molecular formula is C8H15N3O5S. The Morgan fingerprint density at radius 1 is 1.59 bits per heavy atom. The lowest BCUT2D eigenvalue weighted by atomic mass is 10.4. The first kappa shape index (κ1) is 13.9. The van der Waals surface area contributed by atoms with Gasteiger partial charge in [0.2, 0.25) is 5.91 Å². The van der Waals surface area contributed by atoms with Crippen LogP contribution in [0.1, 0.15) is 6.42 Å². The summed E-state index contributed by atoms with van der Waals surface area (Å²) in [5, 5.41) is 11.0. The number of carbonyl (C=O) groups excluding carboxylic acids is 1. The van der Waals surface area contributed by atoms with E-state index in [9.17, 15) is 18.0 Å². The molecule has 0 aromatic carbocycles. The zero-order valence-electron chi connectivity index (χ0n) is 9.42. The highest BCUT2D eigenvalue weighted by atomic mass is 32.2. The van der Waals surface area contributed by atoms with Crippen molar-refractivity contribution in [3.05, 3.63) is 0 Å². The molecule has 0 unspecified atom stereocenters. The van der Waals surface area contributed by atoms with Crippen LogP contribution in [0.4, 0.5) is 0 Å². The highest BCUT2D eigenvalue weighted by Crippen LogP contribution is 2.08. The van der Waals surface area contributed by atoms with E-state index < -0.39 is 16.2 Å². The quantitative estimate of drug-likeness (QED) is 0.602. The van der Waals surface area contributed by atoms with E-state index in [1.807, 2.05) is 0 Å². The van der Waals surface area contributed by atoms with E-state index in [1.165, 1.54) is 7.05 Å². The van der Waals surface area contributed by atoms with Crippen LogP contribution in [0, 0.1) is 0 Å². The maximum atomic E-state index is 11.9. The summed E-state index contributed by atoms with van der Waals surface area (Å²) in [5.41, 5.74) is 0. The van der Waals surface area contributed by atoms with Gasteiger partial charge in [0.1, 0.15) is 0 Å². The number of carbonyl (C=O) groups is 2. The molecule has 1 fully saturated rings. The third-order valence-corrected chi connectivity index (χ3v) is 4.30. The first-order valence-electron chi connectivity index (χ1n) is 5.04. The van der Waals surface area contributed by atoms with Crippen LogP contribution in [0.2, 0.25) is 0 Å². The lowest BCUT2D eigenvalue weighted by Gasteiger charge is -2.29. The van der Waals surface area contributed by atoms with E-state index in [0.717, 1.165) is 8.61 Å². The fourth-order valence-corrected chi connectivity index (χ4v) is 2.70. The lowest BCUT2D eigenvalue weighted by molar-refractivity contribution is -0.137. The van der Waals surface area contributed by atoms with Crippen molar-refractivity contribution in [1.82, 2.24) is 13.9 Å². The van der Waals surface area contributed by atoms with E-state index in [2.05, 4.69) is 5.32 Å². The predicted octanol–water partition coefficient (Wildman–Crippen LogP) is -1.93. The van der Waals surface area contributed by atoms with Crippen molar-refractivity contribution in [2.75, 3.05) is 33.2 Å². The number of piperazine rings is 1. The molecule has 2 N–H and O–H groups in total. The Balaban J connectivity index is 2.65. The standard InChI is InChI=1S/C8H15N3O5S/c1-10(4-2-8(13)14)17(15,16)11-5-3-9-7(12)6-11/h2-6H2,1H3,(H,9,12)(H,13,14). The second kappa shape index (κ2) is 5.43. The van der Waals surface area contributed by atoms with Gasteiger partial charge in [0, 0.05) is 26.7 Å². The molecule has 1 saturated heterocycles. The van der Waals surface area contributed by atoms with E-state index in [4.69, 9.17) is 5.11 Å². The van der Waals surface area contributed by atoms with Crippen LogP contribution in [0.3, 0.4) is 0 Å². The van der Waals surface area contributed by atoms with Gasteiger partial charge < -0.3 is 10.4 Å². The normalized spacial score (nSPS) is 18.1. The minimum Gasteiger partial charge on any atom is -0.481 e. The molecule has 0 saturated carbocycles. The average Bonchev–Trinajstić information content (AvgIpc) is 2.25. The Morgan fingerprint density at radius 2 is 2.24 bits per heavy atom. The highest BCUT2D eigenvalue weighted by molar-refractivity contribution is 7.86. The third-order valence-electron chi connectivity index (χ3n) is 2.36. The highest BCUT2D eigenvalue weighted by Gasteiger charge is 2.30. The van der Waals surface area contributed by atoms with Crippen molar-refractivity contribution in [3.8, 4) is 0 Å². The molecule has 1 heterocycles. The van der Waals surface area contributed by atoms with E-state index >= 15 is 0 Å². The van der Waals surface area contributed by atoms with Gasteiger partial charge >= 0.3 is 5.97 Å². The fourth-order valence-electron chi connectivity index (χ4n) is 1.38. The molecule has 0 aliphatic carbocycles. The number of nitrogens with zero attached hydrogens (tertiary/aromatic N) is 2. The molecule has 17 heavy (non-hydrogen) atoms. The molecule has 0 aromatic rings. The van der Waals surface area contributed by atoms with Gasteiger partial charge in [-0.05, 0) is 0 Å². The topological polar surface area (TPSA) is 107 Å². The first-order valence-corrected chi connectivity index (χ1v) is 6.43. The summed E-state index contributed by atoms with van der Waals surface area (Å²) in [7, 11) is -2.45. The summed E-state index contributed by atoms with van der Waals surface area (Å²) in [5.74, 6) is -1.42. The molecule has 8 nitrogen and oxygen atoms in total. The van der Waals surface area contributed by atoms with Crippen LogP contribution in [-0.2, 0) is 19.8 Å². The van der Waals surface area contributed by atoms with Crippen molar-refractivity contribution in [3.63, 3.8) is 0 Å². The number of carboxylic acid groups (broad SMARTS) is 1. The molecule has 0 bridgehead atoms. The molecule has 1 rings (SSSR count). The van der Waals surface area contributed by atoms with Crippen molar-refractivity contribution < 1.29 is 23.1 Å². The first-order chi connectivity index (χ1) is 7.84. The fraction of sp³-hybridized carbons (Fsp3) is 0.750. The van der Waals surface area contributed by atoms with Gasteiger partial charge in [-0.15, -0.1) is 0 Å².